The van der Waals surface area contributed by atoms with Crippen LogP contribution in [0.15, 0.2) is 18.2 Å². The van der Waals surface area contributed by atoms with Crippen molar-refractivity contribution in [3.05, 3.63) is 18.2 Å². The third kappa shape index (κ3) is 3.13. The van der Waals surface area contributed by atoms with E-state index in [9.17, 15) is 0 Å². The molecular weight excluding hydrogens is 226 g/mol. The Morgan fingerprint density at radius 3 is 3.00 bits per heavy atom. The van der Waals surface area contributed by atoms with E-state index in [0.29, 0.717) is 12.6 Å². The molecule has 2 heterocycles. The second kappa shape index (κ2) is 6.59. The van der Waals surface area contributed by atoms with Crippen molar-refractivity contribution < 1.29 is 4.74 Å². The number of nitrogens with one attached hydrogen (secondary N) is 1. The summed E-state index contributed by atoms with van der Waals surface area (Å²) in [6.45, 7) is 8.00. The van der Waals surface area contributed by atoms with Crippen LogP contribution in [-0.4, -0.2) is 37.3 Å². The van der Waals surface area contributed by atoms with Crippen LogP contribution in [0.5, 0.6) is 5.88 Å². The number of nitrogens with zero attached hydrogens (tertiary/aromatic N) is 2. The van der Waals surface area contributed by atoms with Gasteiger partial charge in [-0.3, -0.25) is 0 Å². The minimum atomic E-state index is 0.549. The van der Waals surface area contributed by atoms with E-state index in [2.05, 4.69) is 28.2 Å². The second-order valence-corrected chi connectivity index (χ2v) is 4.55. The number of rotatable bonds is 5. The highest BCUT2D eigenvalue weighted by Crippen LogP contribution is 2.20. The molecule has 1 saturated heterocycles. The maximum atomic E-state index is 5.48. The molecule has 0 spiro atoms. The van der Waals surface area contributed by atoms with Crippen LogP contribution >= 0.6 is 0 Å². The fraction of sp³-hybridized carbons (Fsp3) is 0.643. The summed E-state index contributed by atoms with van der Waals surface area (Å²) >= 11 is 0. The molecule has 0 bridgehead atoms. The fourth-order valence-electron chi connectivity index (χ4n) is 2.50. The van der Waals surface area contributed by atoms with E-state index < -0.39 is 0 Å². The van der Waals surface area contributed by atoms with Crippen molar-refractivity contribution in [2.75, 3.05) is 31.1 Å². The number of anilines is 1. The number of hydrogen-bond donors (Lipinski definition) is 1. The molecule has 1 aromatic heterocycles. The van der Waals surface area contributed by atoms with Gasteiger partial charge in [0.15, 0.2) is 0 Å². The lowest BCUT2D eigenvalue weighted by molar-refractivity contribution is 0.326. The molecule has 18 heavy (non-hydrogen) atoms. The zero-order valence-electron chi connectivity index (χ0n) is 11.4. The zero-order valence-corrected chi connectivity index (χ0v) is 11.4. The first-order valence-corrected chi connectivity index (χ1v) is 6.92. The third-order valence-electron chi connectivity index (χ3n) is 3.35. The highest BCUT2D eigenvalue weighted by Gasteiger charge is 2.20. The standard InChI is InChI=1S/C14H23N3O/c1-3-17(12-7-6-10-15-11-12)13-8-5-9-14(16-13)18-4-2/h5,8-9,12,15H,3-4,6-7,10-11H2,1-2H3. The minimum Gasteiger partial charge on any atom is -0.478 e. The van der Waals surface area contributed by atoms with Gasteiger partial charge in [-0.2, -0.15) is 4.98 Å². The van der Waals surface area contributed by atoms with Gasteiger partial charge in [-0.15, -0.1) is 0 Å². The predicted octanol–water partition coefficient (Wildman–Crippen LogP) is 2.06. The molecule has 0 radical (unpaired) electrons. The lowest BCUT2D eigenvalue weighted by Gasteiger charge is -2.34. The van der Waals surface area contributed by atoms with E-state index in [4.69, 9.17) is 4.74 Å². The Kier molecular flexibility index (Phi) is 4.81. The van der Waals surface area contributed by atoms with E-state index in [-0.39, 0.29) is 0 Å². The van der Waals surface area contributed by atoms with Crippen molar-refractivity contribution in [3.63, 3.8) is 0 Å². The highest BCUT2D eigenvalue weighted by molar-refractivity contribution is 5.42. The summed E-state index contributed by atoms with van der Waals surface area (Å²) < 4.78 is 5.48. The number of likely N-dealkylation sites (N-methyl/N-ethyl adjacent to an activating group) is 1. The smallest absolute Gasteiger partial charge is 0.215 e. The summed E-state index contributed by atoms with van der Waals surface area (Å²) in [7, 11) is 0. The number of ether oxygens (including phenoxy) is 1. The molecule has 1 aliphatic rings. The Labute approximate surface area is 109 Å². The molecular formula is C14H23N3O. The number of piperidine rings is 1. The average Bonchev–Trinajstić information content (AvgIpc) is 2.42. The number of pyridine rings is 1. The monoisotopic (exact) mass is 249 g/mol. The second-order valence-electron chi connectivity index (χ2n) is 4.55. The maximum absolute atomic E-state index is 5.48. The molecule has 4 nitrogen and oxygen atoms in total. The molecule has 1 aromatic rings. The molecule has 0 amide bonds. The molecule has 100 valence electrons. The van der Waals surface area contributed by atoms with Gasteiger partial charge in [-0.25, -0.2) is 0 Å². The largest absolute Gasteiger partial charge is 0.478 e. The van der Waals surface area contributed by atoms with E-state index in [1.165, 1.54) is 12.8 Å². The molecule has 0 aromatic carbocycles. The Balaban J connectivity index is 2.12. The minimum absolute atomic E-state index is 0.549. The molecule has 1 unspecified atom stereocenters. The van der Waals surface area contributed by atoms with Gasteiger partial charge in [0.05, 0.1) is 6.61 Å². The lowest BCUT2D eigenvalue weighted by atomic mass is 10.1. The predicted molar refractivity (Wildman–Crippen MR) is 74.3 cm³/mol. The van der Waals surface area contributed by atoms with E-state index >= 15 is 0 Å². The van der Waals surface area contributed by atoms with Crippen LogP contribution in [0.4, 0.5) is 5.82 Å². The molecule has 0 saturated carbocycles. The first-order chi connectivity index (χ1) is 8.85. The highest BCUT2D eigenvalue weighted by atomic mass is 16.5. The Morgan fingerprint density at radius 1 is 1.44 bits per heavy atom. The normalized spacial score (nSPS) is 19.6. The summed E-state index contributed by atoms with van der Waals surface area (Å²) in [5.74, 6) is 1.74. The van der Waals surface area contributed by atoms with Gasteiger partial charge in [-0.1, -0.05) is 6.07 Å². The van der Waals surface area contributed by atoms with Crippen molar-refractivity contribution in [3.8, 4) is 5.88 Å². The molecule has 1 aliphatic heterocycles. The van der Waals surface area contributed by atoms with Gasteiger partial charge in [0.2, 0.25) is 5.88 Å². The molecule has 4 heteroatoms. The van der Waals surface area contributed by atoms with Crippen LogP contribution in [0.2, 0.25) is 0 Å². The number of aromatic nitrogens is 1. The summed E-state index contributed by atoms with van der Waals surface area (Å²) in [5.41, 5.74) is 0. The van der Waals surface area contributed by atoms with Gasteiger partial charge in [0.1, 0.15) is 5.82 Å². The van der Waals surface area contributed by atoms with Crippen LogP contribution in [0.25, 0.3) is 0 Å². The Bertz CT molecular complexity index is 364. The molecule has 2 rings (SSSR count). The van der Waals surface area contributed by atoms with Gasteiger partial charge in [0, 0.05) is 25.2 Å². The summed E-state index contributed by atoms with van der Waals surface area (Å²) in [6.07, 6.45) is 2.48. The topological polar surface area (TPSA) is 37.4 Å². The van der Waals surface area contributed by atoms with Gasteiger partial charge in [0.25, 0.3) is 0 Å². The maximum Gasteiger partial charge on any atom is 0.215 e. The summed E-state index contributed by atoms with van der Waals surface area (Å²) in [5, 5.41) is 3.46. The van der Waals surface area contributed by atoms with Crippen LogP contribution < -0.4 is 15.0 Å². The SMILES string of the molecule is CCOc1cccc(N(CC)C2CCCNC2)n1. The Hall–Kier alpha value is -1.29. The summed E-state index contributed by atoms with van der Waals surface area (Å²) in [6, 6.07) is 6.56. The van der Waals surface area contributed by atoms with Gasteiger partial charge in [-0.05, 0) is 39.3 Å². The van der Waals surface area contributed by atoms with E-state index in [1.807, 2.05) is 19.1 Å². The molecule has 1 fully saturated rings. The van der Waals surface area contributed by atoms with Crippen LogP contribution in [0.1, 0.15) is 26.7 Å². The Morgan fingerprint density at radius 2 is 2.33 bits per heavy atom. The van der Waals surface area contributed by atoms with Crippen molar-refractivity contribution in [2.45, 2.75) is 32.7 Å². The first kappa shape index (κ1) is 13.1. The third-order valence-corrected chi connectivity index (χ3v) is 3.35. The van der Waals surface area contributed by atoms with Crippen molar-refractivity contribution in [1.82, 2.24) is 10.3 Å². The molecule has 0 aliphatic carbocycles. The van der Waals surface area contributed by atoms with E-state index in [0.717, 1.165) is 31.3 Å². The quantitative estimate of drug-likeness (QED) is 0.866. The van der Waals surface area contributed by atoms with E-state index in [1.54, 1.807) is 0 Å². The fourth-order valence-corrected chi connectivity index (χ4v) is 2.50. The van der Waals surface area contributed by atoms with Crippen molar-refractivity contribution >= 4 is 5.82 Å². The van der Waals surface area contributed by atoms with Crippen LogP contribution in [0.3, 0.4) is 0 Å². The zero-order chi connectivity index (χ0) is 12.8. The number of hydrogen-bond acceptors (Lipinski definition) is 4. The summed E-state index contributed by atoms with van der Waals surface area (Å²) in [4.78, 5) is 6.95. The van der Waals surface area contributed by atoms with Gasteiger partial charge < -0.3 is 15.0 Å². The lowest BCUT2D eigenvalue weighted by Crippen LogP contribution is -2.46. The molecule has 1 N–H and O–H groups in total. The van der Waals surface area contributed by atoms with Crippen LogP contribution in [0, 0.1) is 0 Å². The van der Waals surface area contributed by atoms with Crippen molar-refractivity contribution in [2.24, 2.45) is 0 Å². The molecule has 1 atom stereocenters. The van der Waals surface area contributed by atoms with Crippen LogP contribution in [-0.2, 0) is 0 Å². The van der Waals surface area contributed by atoms with Crippen molar-refractivity contribution in [1.29, 1.82) is 0 Å². The average molecular weight is 249 g/mol. The van der Waals surface area contributed by atoms with Gasteiger partial charge >= 0.3 is 0 Å². The first-order valence-electron chi connectivity index (χ1n) is 6.92.